The van der Waals surface area contributed by atoms with Crippen LogP contribution < -0.4 is 5.32 Å². The lowest BCUT2D eigenvalue weighted by Crippen LogP contribution is -2.27. The molecule has 0 heterocycles. The molecule has 0 aromatic heterocycles. The third-order valence-corrected chi connectivity index (χ3v) is 4.13. The Kier molecular flexibility index (Phi) is 5.59. The van der Waals surface area contributed by atoms with E-state index in [2.05, 4.69) is 5.32 Å². The second-order valence-corrected chi connectivity index (χ2v) is 7.49. The van der Waals surface area contributed by atoms with Crippen LogP contribution >= 0.6 is 0 Å². The molecule has 142 valence electrons. The Morgan fingerprint density at radius 3 is 2.11 bits per heavy atom. The van der Waals surface area contributed by atoms with Crippen molar-refractivity contribution in [3.05, 3.63) is 78.4 Å². The molecule has 3 aromatic rings. The number of hydrogen-bond donors (Lipinski definition) is 1. The molecular formula is C24H23NO3. The van der Waals surface area contributed by atoms with Crippen molar-refractivity contribution in [2.75, 3.05) is 5.32 Å². The van der Waals surface area contributed by atoms with Gasteiger partial charge in [-0.2, -0.15) is 0 Å². The zero-order valence-corrected chi connectivity index (χ0v) is 16.2. The fourth-order valence-electron chi connectivity index (χ4n) is 2.89. The predicted octanol–water partition coefficient (Wildman–Crippen LogP) is 6.18. The van der Waals surface area contributed by atoms with Crippen LogP contribution in [0.1, 0.15) is 31.1 Å². The van der Waals surface area contributed by atoms with E-state index in [9.17, 15) is 9.59 Å². The smallest absolute Gasteiger partial charge is 0.412 e. The summed E-state index contributed by atoms with van der Waals surface area (Å²) in [5.41, 5.74) is 4.54. The first-order valence-corrected chi connectivity index (χ1v) is 9.11. The minimum Gasteiger partial charge on any atom is -0.444 e. The van der Waals surface area contributed by atoms with E-state index < -0.39 is 11.7 Å². The van der Waals surface area contributed by atoms with Gasteiger partial charge < -0.3 is 4.74 Å². The number of carbonyl (C=O) groups is 2. The number of hydrogen-bond acceptors (Lipinski definition) is 3. The van der Waals surface area contributed by atoms with Gasteiger partial charge in [-0.05, 0) is 61.2 Å². The molecule has 0 aliphatic carbocycles. The number of anilines is 1. The van der Waals surface area contributed by atoms with Crippen molar-refractivity contribution in [3.8, 4) is 22.3 Å². The first kappa shape index (κ1) is 19.4. The van der Waals surface area contributed by atoms with Gasteiger partial charge >= 0.3 is 6.09 Å². The first-order valence-electron chi connectivity index (χ1n) is 9.11. The molecule has 0 spiro atoms. The third-order valence-electron chi connectivity index (χ3n) is 4.13. The molecule has 4 nitrogen and oxygen atoms in total. The van der Waals surface area contributed by atoms with Crippen LogP contribution in [0, 0.1) is 0 Å². The zero-order valence-electron chi connectivity index (χ0n) is 16.2. The maximum atomic E-state index is 11.9. The largest absolute Gasteiger partial charge is 0.444 e. The van der Waals surface area contributed by atoms with E-state index in [1.54, 1.807) is 0 Å². The van der Waals surface area contributed by atoms with Gasteiger partial charge in [-0.3, -0.25) is 10.1 Å². The summed E-state index contributed by atoms with van der Waals surface area (Å²) in [6.45, 7) is 5.46. The van der Waals surface area contributed by atoms with Crippen LogP contribution in [0.25, 0.3) is 22.3 Å². The number of rotatable bonds is 4. The molecule has 3 rings (SSSR count). The lowest BCUT2D eigenvalue weighted by Gasteiger charge is -2.19. The van der Waals surface area contributed by atoms with Gasteiger partial charge in [0.25, 0.3) is 0 Å². The molecule has 0 radical (unpaired) electrons. The summed E-state index contributed by atoms with van der Waals surface area (Å²) in [5.74, 6) is 0. The van der Waals surface area contributed by atoms with Gasteiger partial charge in [-0.25, -0.2) is 4.79 Å². The Labute approximate surface area is 165 Å². The van der Waals surface area contributed by atoms with Crippen molar-refractivity contribution in [2.24, 2.45) is 0 Å². The van der Waals surface area contributed by atoms with Gasteiger partial charge in [0.2, 0.25) is 0 Å². The van der Waals surface area contributed by atoms with Crippen LogP contribution in [0.4, 0.5) is 10.5 Å². The van der Waals surface area contributed by atoms with Gasteiger partial charge in [0, 0.05) is 11.3 Å². The second-order valence-electron chi connectivity index (χ2n) is 7.49. The molecule has 1 N–H and O–H groups in total. The molecule has 0 unspecified atom stereocenters. The molecule has 0 fully saturated rings. The van der Waals surface area contributed by atoms with E-state index in [4.69, 9.17) is 4.74 Å². The van der Waals surface area contributed by atoms with Gasteiger partial charge in [0.1, 0.15) is 5.60 Å². The number of benzene rings is 3. The van der Waals surface area contributed by atoms with E-state index in [1.807, 2.05) is 93.6 Å². The van der Waals surface area contributed by atoms with Gasteiger partial charge in [-0.15, -0.1) is 0 Å². The molecule has 0 bridgehead atoms. The molecule has 3 aromatic carbocycles. The molecule has 4 heteroatoms. The van der Waals surface area contributed by atoms with Crippen molar-refractivity contribution in [1.82, 2.24) is 0 Å². The lowest BCUT2D eigenvalue weighted by molar-refractivity contribution is 0.0636. The molecule has 28 heavy (non-hydrogen) atoms. The standard InChI is InChI=1S/C24H23NO3/c1-24(2,3)28-23(27)25-21-12-9-17(10-13-21)19-11-14-22(20(15-19)16-26)18-7-5-4-6-8-18/h4-16H,1-3H3,(H,25,27). The van der Waals surface area contributed by atoms with Crippen LogP contribution in [0.3, 0.4) is 0 Å². The SMILES string of the molecule is CC(C)(C)OC(=O)Nc1ccc(-c2ccc(-c3ccccc3)c(C=O)c2)cc1. The maximum Gasteiger partial charge on any atom is 0.412 e. The summed E-state index contributed by atoms with van der Waals surface area (Å²) in [6, 6.07) is 23.1. The normalized spacial score (nSPS) is 11.0. The van der Waals surface area contributed by atoms with E-state index in [1.165, 1.54) is 0 Å². The number of nitrogens with one attached hydrogen (secondary N) is 1. The zero-order chi connectivity index (χ0) is 20.1. The molecule has 0 aliphatic rings. The van der Waals surface area contributed by atoms with Gasteiger partial charge in [0.05, 0.1) is 0 Å². The van der Waals surface area contributed by atoms with Crippen LogP contribution in [-0.4, -0.2) is 18.0 Å². The highest BCUT2D eigenvalue weighted by Crippen LogP contribution is 2.29. The van der Waals surface area contributed by atoms with Crippen LogP contribution in [0.15, 0.2) is 72.8 Å². The molecule has 1 amide bonds. The Hall–Kier alpha value is -3.40. The Bertz CT molecular complexity index is 971. The van der Waals surface area contributed by atoms with Gasteiger partial charge in [-0.1, -0.05) is 54.6 Å². The topological polar surface area (TPSA) is 55.4 Å². The average molecular weight is 373 g/mol. The van der Waals surface area contributed by atoms with E-state index in [0.717, 1.165) is 28.5 Å². The third kappa shape index (κ3) is 4.86. The molecule has 0 aliphatic heterocycles. The predicted molar refractivity (Wildman–Crippen MR) is 113 cm³/mol. The summed E-state index contributed by atoms with van der Waals surface area (Å²) >= 11 is 0. The highest BCUT2D eigenvalue weighted by molar-refractivity contribution is 5.90. The first-order chi connectivity index (χ1) is 13.4. The number of aldehydes is 1. The summed E-state index contributed by atoms with van der Waals surface area (Å²) < 4.78 is 5.25. The fourth-order valence-corrected chi connectivity index (χ4v) is 2.89. The molecule has 0 saturated heterocycles. The minimum atomic E-state index is -0.546. The monoisotopic (exact) mass is 373 g/mol. The minimum absolute atomic E-state index is 0.490. The van der Waals surface area contributed by atoms with Crippen LogP contribution in [0.5, 0.6) is 0 Å². The van der Waals surface area contributed by atoms with E-state index in [-0.39, 0.29) is 0 Å². The van der Waals surface area contributed by atoms with Crippen molar-refractivity contribution in [2.45, 2.75) is 26.4 Å². The van der Waals surface area contributed by atoms with Crippen molar-refractivity contribution < 1.29 is 14.3 Å². The Morgan fingerprint density at radius 1 is 0.857 bits per heavy atom. The summed E-state index contributed by atoms with van der Waals surface area (Å²) in [6.07, 6.45) is 0.389. The summed E-state index contributed by atoms with van der Waals surface area (Å²) in [5, 5.41) is 2.71. The summed E-state index contributed by atoms with van der Waals surface area (Å²) in [7, 11) is 0. The fraction of sp³-hybridized carbons (Fsp3) is 0.167. The number of ether oxygens (including phenoxy) is 1. The molecular weight excluding hydrogens is 350 g/mol. The average Bonchev–Trinajstić information content (AvgIpc) is 2.67. The lowest BCUT2D eigenvalue weighted by atomic mass is 9.95. The highest BCUT2D eigenvalue weighted by Gasteiger charge is 2.16. The Morgan fingerprint density at radius 2 is 1.50 bits per heavy atom. The molecule has 0 saturated carbocycles. The second kappa shape index (κ2) is 8.09. The Balaban J connectivity index is 1.80. The summed E-state index contributed by atoms with van der Waals surface area (Å²) in [4.78, 5) is 23.5. The van der Waals surface area contributed by atoms with E-state index >= 15 is 0 Å². The molecule has 0 atom stereocenters. The van der Waals surface area contributed by atoms with Crippen LogP contribution in [0.2, 0.25) is 0 Å². The number of carbonyl (C=O) groups excluding carboxylic acids is 2. The highest BCUT2D eigenvalue weighted by atomic mass is 16.6. The number of amides is 1. The van der Waals surface area contributed by atoms with Crippen molar-refractivity contribution in [1.29, 1.82) is 0 Å². The van der Waals surface area contributed by atoms with Crippen molar-refractivity contribution in [3.63, 3.8) is 0 Å². The van der Waals surface area contributed by atoms with Crippen molar-refractivity contribution >= 4 is 18.1 Å². The van der Waals surface area contributed by atoms with Gasteiger partial charge in [0.15, 0.2) is 6.29 Å². The quantitative estimate of drug-likeness (QED) is 0.556. The van der Waals surface area contributed by atoms with E-state index in [0.29, 0.717) is 11.3 Å². The van der Waals surface area contributed by atoms with Crippen LogP contribution in [-0.2, 0) is 4.74 Å². The maximum absolute atomic E-state index is 11.9.